The van der Waals surface area contributed by atoms with E-state index in [1.54, 1.807) is 11.3 Å². The minimum atomic E-state index is 0.605. The Balaban J connectivity index is 1.76. The summed E-state index contributed by atoms with van der Waals surface area (Å²) in [6, 6.07) is 0. The molecule has 0 saturated carbocycles. The first-order chi connectivity index (χ1) is 6.45. The van der Waals surface area contributed by atoms with E-state index in [-0.39, 0.29) is 0 Å². The number of thiazole rings is 1. The lowest BCUT2D eigenvalue weighted by Crippen LogP contribution is -2.13. The topological polar surface area (TPSA) is 79.4 Å². The van der Waals surface area contributed by atoms with Crippen molar-refractivity contribution >= 4 is 11.3 Å². The zero-order valence-electron chi connectivity index (χ0n) is 6.77. The van der Waals surface area contributed by atoms with Crippen molar-refractivity contribution in [1.82, 2.24) is 30.9 Å². The molecule has 0 aromatic carbocycles. The van der Waals surface area contributed by atoms with Gasteiger partial charge in [0, 0.05) is 11.9 Å². The number of hydrogen-bond donors (Lipinski definition) is 2. The second kappa shape index (κ2) is 4.06. The van der Waals surface area contributed by atoms with Crippen LogP contribution in [0.1, 0.15) is 11.5 Å². The van der Waals surface area contributed by atoms with Crippen molar-refractivity contribution < 1.29 is 0 Å². The molecular weight excluding hydrogens is 188 g/mol. The molecule has 0 radical (unpaired) electrons. The molecule has 0 spiro atoms. The first-order valence-corrected chi connectivity index (χ1v) is 4.69. The zero-order valence-corrected chi connectivity index (χ0v) is 7.58. The van der Waals surface area contributed by atoms with Crippen molar-refractivity contribution in [3.05, 3.63) is 22.4 Å². The van der Waals surface area contributed by atoms with Gasteiger partial charge in [0.25, 0.3) is 0 Å². The Morgan fingerprint density at radius 2 is 2.46 bits per heavy atom. The highest BCUT2D eigenvalue weighted by Crippen LogP contribution is 1.99. The second-order valence-electron chi connectivity index (χ2n) is 2.41. The van der Waals surface area contributed by atoms with E-state index in [0.717, 1.165) is 12.2 Å². The summed E-state index contributed by atoms with van der Waals surface area (Å²) in [5.74, 6) is 0.662. The maximum absolute atomic E-state index is 4.13. The Morgan fingerprint density at radius 3 is 3.15 bits per heavy atom. The maximum atomic E-state index is 4.13. The first-order valence-electron chi connectivity index (χ1n) is 3.75. The van der Waals surface area contributed by atoms with Gasteiger partial charge in [-0.2, -0.15) is 5.21 Å². The van der Waals surface area contributed by atoms with Gasteiger partial charge in [0.05, 0.1) is 17.7 Å². The van der Waals surface area contributed by atoms with Gasteiger partial charge in [0.2, 0.25) is 0 Å². The van der Waals surface area contributed by atoms with Gasteiger partial charge in [-0.05, 0) is 0 Å². The lowest BCUT2D eigenvalue weighted by atomic mass is 10.5. The van der Waals surface area contributed by atoms with Crippen LogP contribution in [-0.2, 0) is 13.1 Å². The Kier molecular flexibility index (Phi) is 2.58. The molecule has 2 aromatic rings. The third-order valence-electron chi connectivity index (χ3n) is 1.46. The molecule has 7 heteroatoms. The molecule has 2 heterocycles. The van der Waals surface area contributed by atoms with Crippen molar-refractivity contribution in [2.24, 2.45) is 0 Å². The van der Waals surface area contributed by atoms with E-state index < -0.39 is 0 Å². The summed E-state index contributed by atoms with van der Waals surface area (Å²) in [7, 11) is 0. The molecule has 0 unspecified atom stereocenters. The summed E-state index contributed by atoms with van der Waals surface area (Å²) in [6.45, 7) is 1.34. The Morgan fingerprint density at radius 1 is 1.46 bits per heavy atom. The number of hydrogen-bond acceptors (Lipinski definition) is 6. The van der Waals surface area contributed by atoms with Crippen LogP contribution >= 0.6 is 11.3 Å². The SMILES string of the molecule is c1nc(CNCc2nn[nH]n2)cs1. The van der Waals surface area contributed by atoms with Crippen molar-refractivity contribution in [2.75, 3.05) is 0 Å². The van der Waals surface area contributed by atoms with E-state index in [2.05, 4.69) is 30.9 Å². The first kappa shape index (κ1) is 8.27. The fourth-order valence-corrected chi connectivity index (χ4v) is 1.44. The quantitative estimate of drug-likeness (QED) is 0.716. The van der Waals surface area contributed by atoms with E-state index in [0.29, 0.717) is 12.4 Å². The van der Waals surface area contributed by atoms with Crippen molar-refractivity contribution in [3.8, 4) is 0 Å². The van der Waals surface area contributed by atoms with E-state index in [1.165, 1.54) is 0 Å². The smallest absolute Gasteiger partial charge is 0.188 e. The van der Waals surface area contributed by atoms with Crippen molar-refractivity contribution in [3.63, 3.8) is 0 Å². The summed E-state index contributed by atoms with van der Waals surface area (Å²) in [5.41, 5.74) is 2.85. The van der Waals surface area contributed by atoms with Crippen molar-refractivity contribution in [1.29, 1.82) is 0 Å². The largest absolute Gasteiger partial charge is 0.304 e. The monoisotopic (exact) mass is 196 g/mol. The molecule has 68 valence electrons. The van der Waals surface area contributed by atoms with Crippen LogP contribution in [0.3, 0.4) is 0 Å². The highest BCUT2D eigenvalue weighted by Gasteiger charge is 1.97. The standard InChI is InChI=1S/C6H8N6S/c1(5-3-13-4-8-5)7-2-6-9-11-12-10-6/h3-4,7H,1-2H2,(H,9,10,11,12). The number of H-pyrrole nitrogens is 1. The normalized spacial score (nSPS) is 10.5. The number of rotatable bonds is 4. The number of nitrogens with zero attached hydrogens (tertiary/aromatic N) is 4. The van der Waals surface area contributed by atoms with Crippen LogP contribution < -0.4 is 5.32 Å². The summed E-state index contributed by atoms with van der Waals surface area (Å²) in [6.07, 6.45) is 0. The van der Waals surface area contributed by atoms with Gasteiger partial charge < -0.3 is 5.32 Å². The average Bonchev–Trinajstić information content (AvgIpc) is 2.75. The fourth-order valence-electron chi connectivity index (χ4n) is 0.885. The van der Waals surface area contributed by atoms with Crippen LogP contribution in [0, 0.1) is 0 Å². The minimum Gasteiger partial charge on any atom is -0.304 e. The van der Waals surface area contributed by atoms with Gasteiger partial charge in [-0.1, -0.05) is 5.21 Å². The minimum absolute atomic E-state index is 0.605. The van der Waals surface area contributed by atoms with Crippen LogP contribution in [0.2, 0.25) is 0 Å². The predicted molar refractivity (Wildman–Crippen MR) is 46.8 cm³/mol. The zero-order chi connectivity index (χ0) is 8.93. The molecule has 13 heavy (non-hydrogen) atoms. The van der Waals surface area contributed by atoms with E-state index in [4.69, 9.17) is 0 Å². The third-order valence-corrected chi connectivity index (χ3v) is 2.10. The van der Waals surface area contributed by atoms with Crippen molar-refractivity contribution in [2.45, 2.75) is 13.1 Å². The molecule has 0 amide bonds. The molecule has 6 nitrogen and oxygen atoms in total. The Labute approximate surface area is 78.4 Å². The molecule has 2 aromatic heterocycles. The summed E-state index contributed by atoms with van der Waals surface area (Å²) in [4.78, 5) is 4.13. The van der Waals surface area contributed by atoms with E-state index in [1.807, 2.05) is 10.9 Å². The van der Waals surface area contributed by atoms with Gasteiger partial charge in [-0.15, -0.1) is 21.5 Å². The van der Waals surface area contributed by atoms with Gasteiger partial charge in [-0.25, -0.2) is 4.98 Å². The second-order valence-corrected chi connectivity index (χ2v) is 3.13. The lowest BCUT2D eigenvalue weighted by Gasteiger charge is -1.96. The molecule has 2 rings (SSSR count). The highest BCUT2D eigenvalue weighted by molar-refractivity contribution is 7.07. The van der Waals surface area contributed by atoms with Crippen LogP contribution in [0.4, 0.5) is 0 Å². The molecule has 0 aliphatic heterocycles. The summed E-state index contributed by atoms with van der Waals surface area (Å²) >= 11 is 1.59. The number of nitrogens with one attached hydrogen (secondary N) is 2. The fraction of sp³-hybridized carbons (Fsp3) is 0.333. The number of tetrazole rings is 1. The van der Waals surface area contributed by atoms with Gasteiger partial charge in [0.15, 0.2) is 5.82 Å². The van der Waals surface area contributed by atoms with Gasteiger partial charge in [0.1, 0.15) is 0 Å². The molecule has 0 fully saturated rings. The molecule has 0 aliphatic carbocycles. The molecule has 0 atom stereocenters. The summed E-state index contributed by atoms with van der Waals surface area (Å²) < 4.78 is 0. The highest BCUT2D eigenvalue weighted by atomic mass is 32.1. The number of aromatic nitrogens is 5. The van der Waals surface area contributed by atoms with Crippen LogP contribution in [0.15, 0.2) is 10.9 Å². The molecule has 0 aliphatic rings. The Hall–Kier alpha value is -1.34. The van der Waals surface area contributed by atoms with Crippen LogP contribution in [0.25, 0.3) is 0 Å². The Bertz CT molecular complexity index is 294. The third kappa shape index (κ3) is 2.30. The maximum Gasteiger partial charge on any atom is 0.188 e. The predicted octanol–water partition coefficient (Wildman–Crippen LogP) is -0.0540. The molecular formula is C6H8N6S. The van der Waals surface area contributed by atoms with Gasteiger partial charge >= 0.3 is 0 Å². The molecule has 0 saturated heterocycles. The van der Waals surface area contributed by atoms with Crippen LogP contribution in [-0.4, -0.2) is 25.6 Å². The summed E-state index contributed by atoms with van der Waals surface area (Å²) in [5, 5.41) is 18.6. The molecule has 2 N–H and O–H groups in total. The lowest BCUT2D eigenvalue weighted by molar-refractivity contribution is 0.655. The van der Waals surface area contributed by atoms with Gasteiger partial charge in [-0.3, -0.25) is 0 Å². The average molecular weight is 196 g/mol. The van der Waals surface area contributed by atoms with E-state index in [9.17, 15) is 0 Å². The molecule has 0 bridgehead atoms. The number of aromatic amines is 1. The van der Waals surface area contributed by atoms with Crippen LogP contribution in [0.5, 0.6) is 0 Å². The van der Waals surface area contributed by atoms with E-state index >= 15 is 0 Å².